The Kier molecular flexibility index (Phi) is 4.50. The summed E-state index contributed by atoms with van der Waals surface area (Å²) in [5.41, 5.74) is 0.443. The summed E-state index contributed by atoms with van der Waals surface area (Å²) in [5, 5.41) is 14.7. The van der Waals surface area contributed by atoms with Gasteiger partial charge in [-0.2, -0.15) is 18.4 Å². The minimum absolute atomic E-state index is 0.234. The maximum atomic E-state index is 12.2. The normalized spacial score (nSPS) is 12.2. The predicted octanol–water partition coefficient (Wildman–Crippen LogP) is 2.51. The lowest BCUT2D eigenvalue weighted by Gasteiger charge is -2.05. The lowest BCUT2D eigenvalue weighted by atomic mass is 10.2. The zero-order valence-corrected chi connectivity index (χ0v) is 13.5. The molecular weight excluding hydrogens is 322 g/mol. The van der Waals surface area contributed by atoms with Gasteiger partial charge in [0.15, 0.2) is 0 Å². The number of nitrogens with one attached hydrogen (secondary N) is 1. The second kappa shape index (κ2) is 6.21. The van der Waals surface area contributed by atoms with Crippen molar-refractivity contribution in [1.29, 1.82) is 0 Å². The Hall–Kier alpha value is -2.68. The molecule has 2 aromatic rings. The van der Waals surface area contributed by atoms with Crippen LogP contribution in [0.4, 0.5) is 5.69 Å². The van der Waals surface area contributed by atoms with Gasteiger partial charge in [0.05, 0.1) is 9.82 Å². The van der Waals surface area contributed by atoms with Crippen LogP contribution >= 0.6 is 0 Å². The highest BCUT2D eigenvalue weighted by Crippen LogP contribution is 2.22. The number of nitro groups is 1. The van der Waals surface area contributed by atoms with Crippen LogP contribution in [0.15, 0.2) is 44.7 Å². The largest absolute Gasteiger partial charge is 0.460 e. The molecular formula is C14H15N3O5S. The van der Waals surface area contributed by atoms with Crippen molar-refractivity contribution in [3.63, 3.8) is 0 Å². The van der Waals surface area contributed by atoms with Gasteiger partial charge in [0.2, 0.25) is 0 Å². The molecule has 2 rings (SSSR count). The molecule has 23 heavy (non-hydrogen) atoms. The fraction of sp³-hybridized carbons (Fsp3) is 0.214. The van der Waals surface area contributed by atoms with Crippen molar-refractivity contribution in [2.75, 3.05) is 0 Å². The van der Waals surface area contributed by atoms with Crippen molar-refractivity contribution in [1.82, 2.24) is 4.83 Å². The van der Waals surface area contributed by atoms with Crippen molar-refractivity contribution < 1.29 is 17.8 Å². The lowest BCUT2D eigenvalue weighted by Crippen LogP contribution is -2.20. The van der Waals surface area contributed by atoms with Crippen molar-refractivity contribution in [3.05, 3.63) is 57.5 Å². The minimum atomic E-state index is -4.01. The number of nitro benzene ring substituents is 1. The van der Waals surface area contributed by atoms with Crippen LogP contribution in [0.1, 0.15) is 24.0 Å². The Morgan fingerprint density at radius 3 is 2.52 bits per heavy atom. The molecule has 0 saturated heterocycles. The topological polar surface area (TPSA) is 115 Å². The molecule has 9 heteroatoms. The van der Waals surface area contributed by atoms with E-state index in [-0.39, 0.29) is 10.6 Å². The third-order valence-electron chi connectivity index (χ3n) is 3.12. The second-order valence-electron chi connectivity index (χ2n) is 4.91. The van der Waals surface area contributed by atoms with Crippen LogP contribution in [-0.2, 0) is 10.0 Å². The monoisotopic (exact) mass is 337 g/mol. The molecule has 122 valence electrons. The number of hydrogen-bond acceptors (Lipinski definition) is 6. The van der Waals surface area contributed by atoms with E-state index in [0.717, 1.165) is 6.07 Å². The van der Waals surface area contributed by atoms with E-state index < -0.39 is 14.9 Å². The highest BCUT2D eigenvalue weighted by Gasteiger charge is 2.19. The van der Waals surface area contributed by atoms with Crippen LogP contribution in [-0.4, -0.2) is 19.1 Å². The zero-order chi connectivity index (χ0) is 17.2. The number of furan rings is 1. The average Bonchev–Trinajstić information content (AvgIpc) is 2.91. The summed E-state index contributed by atoms with van der Waals surface area (Å²) in [6, 6.07) is 7.05. The lowest BCUT2D eigenvalue weighted by molar-refractivity contribution is -0.385. The van der Waals surface area contributed by atoms with Crippen molar-refractivity contribution in [2.24, 2.45) is 5.10 Å². The van der Waals surface area contributed by atoms with Gasteiger partial charge in [-0.1, -0.05) is 6.07 Å². The van der Waals surface area contributed by atoms with Crippen molar-refractivity contribution in [2.45, 2.75) is 25.7 Å². The predicted molar refractivity (Wildman–Crippen MR) is 83.8 cm³/mol. The number of rotatable bonds is 5. The maximum Gasteiger partial charge on any atom is 0.276 e. The average molecular weight is 337 g/mol. The van der Waals surface area contributed by atoms with Gasteiger partial charge < -0.3 is 4.42 Å². The molecule has 0 amide bonds. The first-order valence-electron chi connectivity index (χ1n) is 6.58. The number of hydrazone groups is 1. The van der Waals surface area contributed by atoms with Gasteiger partial charge in [-0.15, -0.1) is 0 Å². The van der Waals surface area contributed by atoms with Gasteiger partial charge in [-0.25, -0.2) is 0 Å². The van der Waals surface area contributed by atoms with E-state index in [9.17, 15) is 18.5 Å². The number of nitrogens with zero attached hydrogens (tertiary/aromatic N) is 2. The first-order chi connectivity index (χ1) is 10.7. The zero-order valence-electron chi connectivity index (χ0n) is 12.7. The summed E-state index contributed by atoms with van der Waals surface area (Å²) >= 11 is 0. The quantitative estimate of drug-likeness (QED) is 0.511. The van der Waals surface area contributed by atoms with Gasteiger partial charge in [0.1, 0.15) is 17.2 Å². The molecule has 0 saturated carbocycles. The summed E-state index contributed by atoms with van der Waals surface area (Å²) in [5.74, 6) is 1.10. The number of sulfonamides is 1. The number of aryl methyl sites for hydroxylation is 2. The fourth-order valence-electron chi connectivity index (χ4n) is 1.82. The highest BCUT2D eigenvalue weighted by atomic mass is 32.2. The number of benzene rings is 1. The van der Waals surface area contributed by atoms with Crippen LogP contribution < -0.4 is 4.83 Å². The third kappa shape index (κ3) is 3.75. The Labute approximate surface area is 133 Å². The highest BCUT2D eigenvalue weighted by molar-refractivity contribution is 7.89. The Balaban J connectivity index is 2.29. The van der Waals surface area contributed by atoms with Gasteiger partial charge in [-0.05, 0) is 39.0 Å². The fourth-order valence-corrected chi connectivity index (χ4v) is 2.69. The number of hydrogen-bond donors (Lipinski definition) is 1. The molecule has 0 atom stereocenters. The van der Waals surface area contributed by atoms with Crippen LogP contribution in [0.5, 0.6) is 0 Å². The first-order valence-corrected chi connectivity index (χ1v) is 8.07. The van der Waals surface area contributed by atoms with Gasteiger partial charge >= 0.3 is 0 Å². The van der Waals surface area contributed by atoms with E-state index in [1.54, 1.807) is 26.0 Å². The molecule has 0 aliphatic heterocycles. The van der Waals surface area contributed by atoms with E-state index in [1.807, 2.05) is 4.83 Å². The molecule has 0 spiro atoms. The van der Waals surface area contributed by atoms with Gasteiger partial charge in [-0.3, -0.25) is 10.1 Å². The van der Waals surface area contributed by atoms with Crippen LogP contribution in [0.25, 0.3) is 0 Å². The SMILES string of the molecule is C/C(=N\NS(=O)(=O)c1ccc(C)c([N+](=O)[O-])c1)c1ccc(C)o1. The van der Waals surface area contributed by atoms with E-state index in [1.165, 1.54) is 19.1 Å². The van der Waals surface area contributed by atoms with E-state index in [4.69, 9.17) is 4.42 Å². The van der Waals surface area contributed by atoms with Crippen molar-refractivity contribution in [3.8, 4) is 0 Å². The Morgan fingerprint density at radius 2 is 1.96 bits per heavy atom. The molecule has 1 aromatic carbocycles. The molecule has 1 heterocycles. The van der Waals surface area contributed by atoms with Crippen LogP contribution in [0.2, 0.25) is 0 Å². The van der Waals surface area contributed by atoms with Gasteiger partial charge in [0, 0.05) is 11.6 Å². The van der Waals surface area contributed by atoms with E-state index in [2.05, 4.69) is 5.10 Å². The van der Waals surface area contributed by atoms with E-state index in [0.29, 0.717) is 22.8 Å². The summed E-state index contributed by atoms with van der Waals surface area (Å²) in [6.07, 6.45) is 0. The molecule has 0 unspecified atom stereocenters. The molecule has 0 fully saturated rings. The van der Waals surface area contributed by atoms with E-state index >= 15 is 0 Å². The molecule has 0 bridgehead atoms. The first kappa shape index (κ1) is 16.7. The smallest absolute Gasteiger partial charge is 0.276 e. The molecule has 8 nitrogen and oxygen atoms in total. The molecule has 0 aliphatic carbocycles. The molecule has 0 aliphatic rings. The Bertz CT molecular complexity index is 884. The molecule has 1 aromatic heterocycles. The molecule has 1 N–H and O–H groups in total. The summed E-state index contributed by atoms with van der Waals surface area (Å²) < 4.78 is 29.7. The van der Waals surface area contributed by atoms with Crippen LogP contribution in [0, 0.1) is 24.0 Å². The summed E-state index contributed by atoms with van der Waals surface area (Å²) in [6.45, 7) is 4.87. The third-order valence-corrected chi connectivity index (χ3v) is 4.32. The van der Waals surface area contributed by atoms with Crippen LogP contribution in [0.3, 0.4) is 0 Å². The van der Waals surface area contributed by atoms with Crippen molar-refractivity contribution >= 4 is 21.4 Å². The standard InChI is InChI=1S/C14H15N3O5S/c1-9-4-6-12(8-13(9)17(18)19)23(20,21)16-15-11(3)14-7-5-10(2)22-14/h4-8,16H,1-3H3/b15-11+. The molecule has 0 radical (unpaired) electrons. The summed E-state index contributed by atoms with van der Waals surface area (Å²) in [7, 11) is -4.01. The maximum absolute atomic E-state index is 12.2. The van der Waals surface area contributed by atoms with Gasteiger partial charge in [0.25, 0.3) is 15.7 Å². The second-order valence-corrected chi connectivity index (χ2v) is 6.57. The minimum Gasteiger partial charge on any atom is -0.460 e. The summed E-state index contributed by atoms with van der Waals surface area (Å²) in [4.78, 5) is 12.1. The Morgan fingerprint density at radius 1 is 1.26 bits per heavy atom.